The first-order chi connectivity index (χ1) is 17.0. The molecule has 0 aliphatic carbocycles. The van der Waals surface area contributed by atoms with E-state index in [-0.39, 0.29) is 17.1 Å². The number of benzene rings is 3. The Balaban J connectivity index is 1.46. The number of rotatable bonds is 7. The van der Waals surface area contributed by atoms with Gasteiger partial charge >= 0.3 is 0 Å². The molecule has 1 aliphatic rings. The smallest absolute Gasteiger partial charge is 0.199 e. The molecule has 0 saturated carbocycles. The Hall–Kier alpha value is -2.84. The summed E-state index contributed by atoms with van der Waals surface area (Å²) in [7, 11) is -1.38. The first-order valence-electron chi connectivity index (χ1n) is 11.8. The molecule has 0 amide bonds. The number of hydrogen-bond donors (Lipinski definition) is 0. The number of fused-ring (bicyclic) bond motifs is 1. The SMILES string of the molecule is CN1CCC(OC(c2cccc(C=CS(=O)(=O)c3ccccc3)c2)c2nc3ccccc3s2)CC1. The van der Waals surface area contributed by atoms with E-state index >= 15 is 0 Å². The summed E-state index contributed by atoms with van der Waals surface area (Å²) in [4.78, 5) is 7.50. The van der Waals surface area contributed by atoms with Crippen molar-refractivity contribution in [3.05, 3.63) is 100 Å². The molecule has 1 aromatic heterocycles. The molecule has 7 heteroatoms. The van der Waals surface area contributed by atoms with Crippen molar-refractivity contribution in [3.8, 4) is 0 Å². The van der Waals surface area contributed by atoms with Gasteiger partial charge in [0.15, 0.2) is 9.84 Å². The first kappa shape index (κ1) is 23.9. The van der Waals surface area contributed by atoms with Crippen LogP contribution in [0.1, 0.15) is 35.1 Å². The van der Waals surface area contributed by atoms with Gasteiger partial charge in [0.1, 0.15) is 11.1 Å². The molecule has 1 saturated heterocycles. The van der Waals surface area contributed by atoms with E-state index in [0.29, 0.717) is 0 Å². The molecule has 0 bridgehead atoms. The summed E-state index contributed by atoms with van der Waals surface area (Å²) in [6, 6.07) is 24.5. The van der Waals surface area contributed by atoms with Crippen LogP contribution in [-0.2, 0) is 14.6 Å². The third-order valence-corrected chi connectivity index (χ3v) is 8.76. The maximum atomic E-state index is 12.7. The largest absolute Gasteiger partial charge is 0.363 e. The molecule has 3 aromatic carbocycles. The summed E-state index contributed by atoms with van der Waals surface area (Å²) in [5, 5.41) is 2.19. The Bertz CT molecular complexity index is 1390. The van der Waals surface area contributed by atoms with Crippen molar-refractivity contribution >= 4 is 37.5 Å². The lowest BCUT2D eigenvalue weighted by atomic mass is 10.0. The predicted octanol–water partition coefficient (Wildman–Crippen LogP) is 5.94. The Morgan fingerprint density at radius 1 is 1.00 bits per heavy atom. The zero-order valence-corrected chi connectivity index (χ0v) is 21.2. The molecule has 1 atom stereocenters. The minimum absolute atomic E-state index is 0.154. The van der Waals surface area contributed by atoms with Crippen LogP contribution in [0, 0.1) is 0 Å². The number of hydrogen-bond acceptors (Lipinski definition) is 6. The molecule has 0 N–H and O–H groups in total. The first-order valence-corrected chi connectivity index (χ1v) is 14.1. The molecule has 1 fully saturated rings. The maximum Gasteiger partial charge on any atom is 0.199 e. The number of piperidine rings is 1. The molecular weight excluding hydrogens is 476 g/mol. The molecule has 1 unspecified atom stereocenters. The highest BCUT2D eigenvalue weighted by atomic mass is 32.2. The lowest BCUT2D eigenvalue weighted by Gasteiger charge is -2.31. The molecule has 4 aromatic rings. The van der Waals surface area contributed by atoms with Crippen molar-refractivity contribution in [2.75, 3.05) is 20.1 Å². The van der Waals surface area contributed by atoms with Crippen LogP contribution < -0.4 is 0 Å². The van der Waals surface area contributed by atoms with Crippen LogP contribution in [0.5, 0.6) is 0 Å². The summed E-state index contributed by atoms with van der Waals surface area (Å²) in [6.07, 6.45) is 3.46. The standard InChI is InChI=1S/C28H28N2O3S2/c1-30-17-14-23(15-18-30)33-27(28-29-25-12-5-6-13-26(25)34-28)22-9-7-8-21(20-22)16-19-35(31,32)24-10-3-2-4-11-24/h2-13,16,19-20,23,27H,14-15,17-18H2,1H3. The highest BCUT2D eigenvalue weighted by Crippen LogP contribution is 2.35. The van der Waals surface area contributed by atoms with Gasteiger partial charge in [-0.2, -0.15) is 0 Å². The van der Waals surface area contributed by atoms with Crippen LogP contribution in [0.15, 0.2) is 89.2 Å². The van der Waals surface area contributed by atoms with E-state index in [9.17, 15) is 8.42 Å². The minimum Gasteiger partial charge on any atom is -0.363 e. The number of para-hydroxylation sites is 1. The average Bonchev–Trinajstić information content (AvgIpc) is 3.32. The Kier molecular flexibility index (Phi) is 7.11. The van der Waals surface area contributed by atoms with E-state index in [1.807, 2.05) is 42.5 Å². The zero-order chi connectivity index (χ0) is 24.3. The summed E-state index contributed by atoms with van der Waals surface area (Å²) < 4.78 is 33.2. The Morgan fingerprint density at radius 2 is 1.74 bits per heavy atom. The third kappa shape index (κ3) is 5.70. The normalized spacial score (nSPS) is 16.7. The van der Waals surface area contributed by atoms with E-state index in [1.54, 1.807) is 47.7 Å². The Labute approximate surface area is 210 Å². The third-order valence-electron chi connectivity index (χ3n) is 6.25. The lowest BCUT2D eigenvalue weighted by Crippen LogP contribution is -2.35. The van der Waals surface area contributed by atoms with Crippen LogP contribution in [-0.4, -0.2) is 44.5 Å². The van der Waals surface area contributed by atoms with Crippen molar-refractivity contribution in [1.82, 2.24) is 9.88 Å². The summed E-state index contributed by atoms with van der Waals surface area (Å²) in [5.74, 6) is 0. The second-order valence-corrected chi connectivity index (χ2v) is 11.8. The van der Waals surface area contributed by atoms with Crippen LogP contribution in [0.4, 0.5) is 0 Å². The van der Waals surface area contributed by atoms with Crippen molar-refractivity contribution in [2.45, 2.75) is 29.9 Å². The number of nitrogens with zero attached hydrogens (tertiary/aromatic N) is 2. The van der Waals surface area contributed by atoms with Gasteiger partial charge in [0.25, 0.3) is 0 Å². The molecule has 2 heterocycles. The van der Waals surface area contributed by atoms with Gasteiger partial charge in [-0.15, -0.1) is 11.3 Å². The molecule has 1 aliphatic heterocycles. The van der Waals surface area contributed by atoms with Crippen molar-refractivity contribution in [3.63, 3.8) is 0 Å². The monoisotopic (exact) mass is 504 g/mol. The van der Waals surface area contributed by atoms with Gasteiger partial charge < -0.3 is 9.64 Å². The van der Waals surface area contributed by atoms with Crippen molar-refractivity contribution in [2.24, 2.45) is 0 Å². The van der Waals surface area contributed by atoms with Crippen LogP contribution in [0.2, 0.25) is 0 Å². The molecule has 5 nitrogen and oxygen atoms in total. The van der Waals surface area contributed by atoms with E-state index in [1.165, 1.54) is 5.41 Å². The minimum atomic E-state index is -3.52. The molecule has 35 heavy (non-hydrogen) atoms. The van der Waals surface area contributed by atoms with Gasteiger partial charge in [-0.05, 0) is 67.4 Å². The average molecular weight is 505 g/mol. The second kappa shape index (κ2) is 10.4. The van der Waals surface area contributed by atoms with Gasteiger partial charge in [-0.1, -0.05) is 48.5 Å². The topological polar surface area (TPSA) is 59.5 Å². The molecular formula is C28H28N2O3S2. The van der Waals surface area contributed by atoms with E-state index in [4.69, 9.17) is 9.72 Å². The van der Waals surface area contributed by atoms with Crippen molar-refractivity contribution in [1.29, 1.82) is 0 Å². The van der Waals surface area contributed by atoms with E-state index in [0.717, 1.165) is 52.3 Å². The predicted molar refractivity (Wildman–Crippen MR) is 142 cm³/mol. The van der Waals surface area contributed by atoms with E-state index in [2.05, 4.69) is 18.0 Å². The van der Waals surface area contributed by atoms with Gasteiger partial charge in [-0.3, -0.25) is 0 Å². The van der Waals surface area contributed by atoms with Crippen LogP contribution in [0.3, 0.4) is 0 Å². The number of aromatic nitrogens is 1. The fraction of sp³-hybridized carbons (Fsp3) is 0.250. The van der Waals surface area contributed by atoms with Gasteiger partial charge in [0.2, 0.25) is 0 Å². The van der Waals surface area contributed by atoms with Crippen LogP contribution >= 0.6 is 11.3 Å². The Morgan fingerprint density at radius 3 is 2.51 bits per heavy atom. The fourth-order valence-electron chi connectivity index (χ4n) is 4.28. The molecule has 5 rings (SSSR count). The van der Waals surface area contributed by atoms with Gasteiger partial charge in [0, 0.05) is 18.5 Å². The number of likely N-dealkylation sites (tertiary alicyclic amines) is 1. The summed E-state index contributed by atoms with van der Waals surface area (Å²) >= 11 is 1.65. The highest BCUT2D eigenvalue weighted by Gasteiger charge is 2.26. The van der Waals surface area contributed by atoms with Gasteiger partial charge in [-0.25, -0.2) is 13.4 Å². The number of sulfone groups is 1. The number of thiazole rings is 1. The quantitative estimate of drug-likeness (QED) is 0.312. The molecule has 180 valence electrons. The second-order valence-electron chi connectivity index (χ2n) is 8.87. The maximum absolute atomic E-state index is 12.7. The van der Waals surface area contributed by atoms with Crippen molar-refractivity contribution < 1.29 is 13.2 Å². The zero-order valence-electron chi connectivity index (χ0n) is 19.6. The number of ether oxygens (including phenoxy) is 1. The molecule has 0 radical (unpaired) electrons. The summed E-state index contributed by atoms with van der Waals surface area (Å²) in [6.45, 7) is 2.02. The van der Waals surface area contributed by atoms with Gasteiger partial charge in [0.05, 0.1) is 21.2 Å². The fourth-order valence-corrected chi connectivity index (χ4v) is 6.34. The summed E-state index contributed by atoms with van der Waals surface area (Å²) in [5.41, 5.74) is 2.75. The lowest BCUT2D eigenvalue weighted by molar-refractivity contribution is -0.0234. The molecule has 0 spiro atoms. The highest BCUT2D eigenvalue weighted by molar-refractivity contribution is 7.94. The van der Waals surface area contributed by atoms with Crippen LogP contribution in [0.25, 0.3) is 16.3 Å². The van der Waals surface area contributed by atoms with E-state index < -0.39 is 9.84 Å².